The molecule has 0 atom stereocenters. The number of nitrogens with one attached hydrogen (secondary N) is 2. The Balaban J connectivity index is 2.00. The molecule has 0 aliphatic heterocycles. The Bertz CT molecular complexity index is 933. The van der Waals surface area contributed by atoms with Crippen LogP contribution in [0.5, 0.6) is 5.75 Å². The lowest BCUT2D eigenvalue weighted by molar-refractivity contribution is -0.118. The molecular formula is C21H28N2O4S. The Hall–Kier alpha value is -2.38. The van der Waals surface area contributed by atoms with E-state index in [0.717, 1.165) is 16.8 Å². The number of carbonyl (C=O) groups is 1. The lowest BCUT2D eigenvalue weighted by Crippen LogP contribution is -2.27. The molecule has 0 bridgehead atoms. The summed E-state index contributed by atoms with van der Waals surface area (Å²) in [6, 6.07) is 10.4. The lowest BCUT2D eigenvalue weighted by Gasteiger charge is -2.13. The van der Waals surface area contributed by atoms with E-state index >= 15 is 0 Å². The number of hydrogen-bond acceptors (Lipinski definition) is 4. The van der Waals surface area contributed by atoms with Crippen LogP contribution in [0.3, 0.4) is 0 Å². The molecule has 0 saturated carbocycles. The molecule has 2 aromatic carbocycles. The van der Waals surface area contributed by atoms with Gasteiger partial charge in [0.1, 0.15) is 5.75 Å². The van der Waals surface area contributed by atoms with Gasteiger partial charge < -0.3 is 10.1 Å². The minimum absolute atomic E-state index is 0.161. The average molecular weight is 405 g/mol. The summed E-state index contributed by atoms with van der Waals surface area (Å²) in [5.41, 5.74) is 3.50. The summed E-state index contributed by atoms with van der Waals surface area (Å²) < 4.78 is 32.8. The second kappa shape index (κ2) is 9.21. The Morgan fingerprint density at radius 3 is 2.25 bits per heavy atom. The zero-order valence-electron chi connectivity index (χ0n) is 17.0. The van der Waals surface area contributed by atoms with Crippen molar-refractivity contribution in [3.63, 3.8) is 0 Å². The predicted octanol–water partition coefficient (Wildman–Crippen LogP) is 3.56. The quantitative estimate of drug-likeness (QED) is 0.704. The lowest BCUT2D eigenvalue weighted by atomic mass is 10.1. The first kappa shape index (κ1) is 21.9. The zero-order valence-corrected chi connectivity index (χ0v) is 17.8. The third-order valence-electron chi connectivity index (χ3n) is 4.00. The van der Waals surface area contributed by atoms with E-state index in [9.17, 15) is 13.2 Å². The van der Waals surface area contributed by atoms with Gasteiger partial charge in [-0.25, -0.2) is 13.1 Å². The fraction of sp³-hybridized carbons (Fsp3) is 0.381. The monoisotopic (exact) mass is 404 g/mol. The Kier molecular flexibility index (Phi) is 7.21. The van der Waals surface area contributed by atoms with Gasteiger partial charge in [-0.3, -0.25) is 4.79 Å². The molecular weight excluding hydrogens is 376 g/mol. The van der Waals surface area contributed by atoms with Crippen molar-refractivity contribution in [3.8, 4) is 5.75 Å². The SMILES string of the molecule is Cc1cc(C)cc(NC(=O)COc2ccc(S(=O)(=O)NCC(C)C)cc2C)c1. The van der Waals surface area contributed by atoms with Gasteiger partial charge in [0, 0.05) is 12.2 Å². The summed E-state index contributed by atoms with van der Waals surface area (Å²) >= 11 is 0. The second-order valence-corrected chi connectivity index (χ2v) is 9.15. The van der Waals surface area contributed by atoms with E-state index in [2.05, 4.69) is 10.0 Å². The van der Waals surface area contributed by atoms with Crippen LogP contribution >= 0.6 is 0 Å². The van der Waals surface area contributed by atoms with Crippen molar-refractivity contribution in [1.29, 1.82) is 0 Å². The molecule has 2 rings (SSSR count). The molecule has 28 heavy (non-hydrogen) atoms. The molecule has 2 N–H and O–H groups in total. The van der Waals surface area contributed by atoms with Crippen molar-refractivity contribution in [2.75, 3.05) is 18.5 Å². The minimum atomic E-state index is -3.56. The number of sulfonamides is 1. The molecule has 0 heterocycles. The number of carbonyl (C=O) groups excluding carboxylic acids is 1. The van der Waals surface area contributed by atoms with Crippen LogP contribution in [-0.4, -0.2) is 27.5 Å². The van der Waals surface area contributed by atoms with Crippen LogP contribution in [0.1, 0.15) is 30.5 Å². The predicted molar refractivity (Wildman–Crippen MR) is 111 cm³/mol. The van der Waals surface area contributed by atoms with Crippen molar-refractivity contribution in [1.82, 2.24) is 4.72 Å². The van der Waals surface area contributed by atoms with E-state index in [4.69, 9.17) is 4.74 Å². The highest BCUT2D eigenvalue weighted by Gasteiger charge is 2.16. The summed E-state index contributed by atoms with van der Waals surface area (Å²) in [5, 5.41) is 2.81. The third-order valence-corrected chi connectivity index (χ3v) is 5.42. The highest BCUT2D eigenvalue weighted by molar-refractivity contribution is 7.89. The van der Waals surface area contributed by atoms with E-state index in [-0.39, 0.29) is 23.3 Å². The number of amides is 1. The first-order valence-electron chi connectivity index (χ1n) is 9.18. The van der Waals surface area contributed by atoms with E-state index < -0.39 is 10.0 Å². The van der Waals surface area contributed by atoms with Gasteiger partial charge in [-0.05, 0) is 73.7 Å². The van der Waals surface area contributed by atoms with Gasteiger partial charge in [-0.2, -0.15) is 0 Å². The minimum Gasteiger partial charge on any atom is -0.483 e. The second-order valence-electron chi connectivity index (χ2n) is 7.39. The standard InChI is InChI=1S/C21H28N2O4S/c1-14(2)12-22-28(25,26)19-6-7-20(17(5)11-19)27-13-21(24)23-18-9-15(3)8-16(4)10-18/h6-11,14,22H,12-13H2,1-5H3,(H,23,24). The van der Waals surface area contributed by atoms with Crippen molar-refractivity contribution in [2.45, 2.75) is 39.5 Å². The van der Waals surface area contributed by atoms with Crippen molar-refractivity contribution >= 4 is 21.6 Å². The van der Waals surface area contributed by atoms with Gasteiger partial charge in [0.05, 0.1) is 4.90 Å². The fourth-order valence-corrected chi connectivity index (χ4v) is 4.00. The van der Waals surface area contributed by atoms with Gasteiger partial charge in [0.15, 0.2) is 6.61 Å². The number of rotatable bonds is 8. The molecule has 0 aliphatic carbocycles. The number of aryl methyl sites for hydroxylation is 3. The van der Waals surface area contributed by atoms with Crippen LogP contribution in [0, 0.1) is 26.7 Å². The third kappa shape index (κ3) is 6.35. The fourth-order valence-electron chi connectivity index (χ4n) is 2.70. The van der Waals surface area contributed by atoms with Crippen molar-refractivity contribution < 1.29 is 17.9 Å². The van der Waals surface area contributed by atoms with Crippen molar-refractivity contribution in [2.24, 2.45) is 5.92 Å². The summed E-state index contributed by atoms with van der Waals surface area (Å²) in [6.45, 7) is 9.77. The maximum atomic E-state index is 12.3. The summed E-state index contributed by atoms with van der Waals surface area (Å²) in [6.07, 6.45) is 0. The summed E-state index contributed by atoms with van der Waals surface area (Å²) in [4.78, 5) is 12.3. The van der Waals surface area contributed by atoms with Crippen LogP contribution in [-0.2, 0) is 14.8 Å². The molecule has 1 amide bonds. The molecule has 6 nitrogen and oxygen atoms in total. The molecule has 0 fully saturated rings. The molecule has 0 saturated heterocycles. The normalized spacial score (nSPS) is 11.5. The van der Waals surface area contributed by atoms with Gasteiger partial charge in [0.2, 0.25) is 10.0 Å². The molecule has 0 unspecified atom stereocenters. The van der Waals surface area contributed by atoms with Gasteiger partial charge >= 0.3 is 0 Å². The number of anilines is 1. The van der Waals surface area contributed by atoms with Crippen LogP contribution < -0.4 is 14.8 Å². The molecule has 2 aromatic rings. The average Bonchev–Trinajstić information content (AvgIpc) is 2.58. The van der Waals surface area contributed by atoms with Crippen LogP contribution in [0.25, 0.3) is 0 Å². The van der Waals surface area contributed by atoms with Crippen LogP contribution in [0.15, 0.2) is 41.3 Å². The smallest absolute Gasteiger partial charge is 0.262 e. The molecule has 7 heteroatoms. The summed E-state index contributed by atoms with van der Waals surface area (Å²) in [5.74, 6) is 0.410. The van der Waals surface area contributed by atoms with E-state index in [1.54, 1.807) is 19.1 Å². The largest absolute Gasteiger partial charge is 0.483 e. The maximum Gasteiger partial charge on any atom is 0.262 e. The number of hydrogen-bond donors (Lipinski definition) is 2. The van der Waals surface area contributed by atoms with E-state index in [1.807, 2.05) is 45.9 Å². The molecule has 152 valence electrons. The first-order chi connectivity index (χ1) is 13.1. The van der Waals surface area contributed by atoms with Gasteiger partial charge in [-0.1, -0.05) is 19.9 Å². The number of ether oxygens (including phenoxy) is 1. The molecule has 0 aliphatic rings. The van der Waals surface area contributed by atoms with Crippen LogP contribution in [0.4, 0.5) is 5.69 Å². The summed E-state index contributed by atoms with van der Waals surface area (Å²) in [7, 11) is -3.56. The maximum absolute atomic E-state index is 12.3. The van der Waals surface area contributed by atoms with Gasteiger partial charge in [-0.15, -0.1) is 0 Å². The molecule has 0 spiro atoms. The topological polar surface area (TPSA) is 84.5 Å². The highest BCUT2D eigenvalue weighted by atomic mass is 32.2. The Morgan fingerprint density at radius 2 is 1.68 bits per heavy atom. The van der Waals surface area contributed by atoms with E-state index in [1.165, 1.54) is 6.07 Å². The highest BCUT2D eigenvalue weighted by Crippen LogP contribution is 2.22. The first-order valence-corrected chi connectivity index (χ1v) is 10.7. The number of benzene rings is 2. The van der Waals surface area contributed by atoms with E-state index in [0.29, 0.717) is 17.9 Å². The van der Waals surface area contributed by atoms with Crippen LogP contribution in [0.2, 0.25) is 0 Å². The van der Waals surface area contributed by atoms with Crippen molar-refractivity contribution in [3.05, 3.63) is 53.1 Å². The molecule has 0 radical (unpaired) electrons. The molecule has 0 aromatic heterocycles. The van der Waals surface area contributed by atoms with Gasteiger partial charge in [0.25, 0.3) is 5.91 Å². The zero-order chi connectivity index (χ0) is 20.9. The Labute approximate surface area is 167 Å². The Morgan fingerprint density at radius 1 is 1.04 bits per heavy atom.